The highest BCUT2D eigenvalue weighted by atomic mass is 16.2. The van der Waals surface area contributed by atoms with Crippen LogP contribution in [-0.4, -0.2) is 57.4 Å². The summed E-state index contributed by atoms with van der Waals surface area (Å²) in [6.45, 7) is 2.09. The number of hydrogen-bond donors (Lipinski definition) is 1. The maximum absolute atomic E-state index is 12.9. The molecule has 2 amide bonds. The molecule has 1 saturated heterocycles. The largest absolute Gasteiger partial charge is 0.367 e. The van der Waals surface area contributed by atoms with Crippen LogP contribution in [0.15, 0.2) is 84.2 Å². The van der Waals surface area contributed by atoms with Gasteiger partial charge < -0.3 is 15.1 Å². The van der Waals surface area contributed by atoms with Crippen LogP contribution in [0.4, 0.5) is 11.4 Å². The first-order valence-corrected chi connectivity index (χ1v) is 11.4. The molecule has 1 aliphatic heterocycles. The number of piperazine rings is 1. The van der Waals surface area contributed by atoms with Gasteiger partial charge in [0.1, 0.15) is 6.54 Å². The molecular formula is C26H24N6O3. The summed E-state index contributed by atoms with van der Waals surface area (Å²) in [5.74, 6) is -0.332. The molecular weight excluding hydrogens is 444 g/mol. The number of carbonyl (C=O) groups is 2. The first-order chi connectivity index (χ1) is 17.1. The van der Waals surface area contributed by atoms with E-state index in [9.17, 15) is 14.4 Å². The lowest BCUT2D eigenvalue weighted by Gasteiger charge is -2.37. The summed E-state index contributed by atoms with van der Waals surface area (Å²) in [6, 6.07) is 18.0. The highest BCUT2D eigenvalue weighted by molar-refractivity contribution is 6.08. The van der Waals surface area contributed by atoms with Crippen molar-refractivity contribution in [3.8, 4) is 0 Å². The molecule has 5 rings (SSSR count). The molecule has 0 saturated carbocycles. The zero-order valence-corrected chi connectivity index (χ0v) is 19.0. The minimum atomic E-state index is -0.225. The Morgan fingerprint density at radius 2 is 1.60 bits per heavy atom. The van der Waals surface area contributed by atoms with Crippen LogP contribution in [-0.2, 0) is 11.3 Å². The van der Waals surface area contributed by atoms with Crippen molar-refractivity contribution >= 4 is 34.1 Å². The Hall–Kier alpha value is -4.53. The number of fused-ring (bicyclic) bond motifs is 1. The number of benzene rings is 2. The molecule has 0 atom stereocenters. The molecule has 9 heteroatoms. The number of anilines is 2. The highest BCUT2D eigenvalue weighted by Crippen LogP contribution is 2.23. The molecule has 9 nitrogen and oxygen atoms in total. The second-order valence-electron chi connectivity index (χ2n) is 8.27. The summed E-state index contributed by atoms with van der Waals surface area (Å²) in [7, 11) is 0. The summed E-state index contributed by atoms with van der Waals surface area (Å²) < 4.78 is 1.36. The summed E-state index contributed by atoms with van der Waals surface area (Å²) >= 11 is 0. The van der Waals surface area contributed by atoms with E-state index >= 15 is 0 Å². The monoisotopic (exact) mass is 468 g/mol. The average Bonchev–Trinajstić information content (AvgIpc) is 2.91. The lowest BCUT2D eigenvalue weighted by molar-refractivity contribution is -0.132. The van der Waals surface area contributed by atoms with Crippen molar-refractivity contribution in [2.45, 2.75) is 6.54 Å². The van der Waals surface area contributed by atoms with E-state index in [1.807, 2.05) is 24.3 Å². The smallest absolute Gasteiger partial charge is 0.261 e. The molecule has 35 heavy (non-hydrogen) atoms. The first-order valence-electron chi connectivity index (χ1n) is 11.4. The van der Waals surface area contributed by atoms with Crippen molar-refractivity contribution in [3.63, 3.8) is 0 Å². The van der Waals surface area contributed by atoms with Crippen LogP contribution in [0.2, 0.25) is 0 Å². The molecule has 176 valence electrons. The first kappa shape index (κ1) is 22.3. The minimum absolute atomic E-state index is 0.0540. The number of pyridine rings is 1. The average molecular weight is 469 g/mol. The van der Waals surface area contributed by atoms with Gasteiger partial charge in [0.15, 0.2) is 0 Å². The standard InChI is InChI=1S/C26H24N6O3/c33-24(17-32-18-28-22-7-3-1-5-20(22)26(32)35)31-15-13-30(14-16-31)23-8-4-2-6-21(23)25(34)29-19-9-11-27-12-10-19/h1-12,18H,13-17H2,(H,27,29,34). The Morgan fingerprint density at radius 1 is 0.886 bits per heavy atom. The number of rotatable bonds is 5. The SMILES string of the molecule is O=C(Nc1ccncc1)c1ccccc1N1CCN(C(=O)Cn2cnc3ccccc3c2=O)CC1. The van der Waals surface area contributed by atoms with Gasteiger partial charge in [0.05, 0.1) is 22.8 Å². The van der Waals surface area contributed by atoms with Crippen molar-refractivity contribution in [1.82, 2.24) is 19.4 Å². The quantitative estimate of drug-likeness (QED) is 0.483. The Balaban J connectivity index is 1.25. The van der Waals surface area contributed by atoms with Gasteiger partial charge in [-0.1, -0.05) is 24.3 Å². The number of hydrogen-bond acceptors (Lipinski definition) is 6. The molecule has 0 bridgehead atoms. The van der Waals surface area contributed by atoms with E-state index in [0.29, 0.717) is 48.3 Å². The fraction of sp³-hybridized carbons (Fsp3) is 0.192. The van der Waals surface area contributed by atoms with E-state index < -0.39 is 0 Å². The van der Waals surface area contributed by atoms with Crippen LogP contribution in [0.25, 0.3) is 10.9 Å². The Morgan fingerprint density at radius 3 is 2.40 bits per heavy atom. The Kier molecular flexibility index (Phi) is 6.21. The fourth-order valence-corrected chi connectivity index (χ4v) is 4.24. The van der Waals surface area contributed by atoms with E-state index in [1.54, 1.807) is 53.7 Å². The predicted molar refractivity (Wildman–Crippen MR) is 133 cm³/mol. The van der Waals surface area contributed by atoms with Crippen LogP contribution in [0.5, 0.6) is 0 Å². The molecule has 0 unspecified atom stereocenters. The molecule has 1 aliphatic rings. The third kappa shape index (κ3) is 4.74. The van der Waals surface area contributed by atoms with Gasteiger partial charge >= 0.3 is 0 Å². The molecule has 1 fully saturated rings. The lowest BCUT2D eigenvalue weighted by Crippen LogP contribution is -2.50. The van der Waals surface area contributed by atoms with E-state index in [1.165, 1.54) is 10.9 Å². The molecule has 0 radical (unpaired) electrons. The van der Waals surface area contributed by atoms with Gasteiger partial charge in [-0.15, -0.1) is 0 Å². The van der Waals surface area contributed by atoms with Crippen LogP contribution in [0.3, 0.4) is 0 Å². The number of nitrogens with one attached hydrogen (secondary N) is 1. The van der Waals surface area contributed by atoms with Crippen LogP contribution in [0, 0.1) is 0 Å². The van der Waals surface area contributed by atoms with Crippen molar-refractivity contribution < 1.29 is 9.59 Å². The maximum atomic E-state index is 12.9. The summed E-state index contributed by atoms with van der Waals surface area (Å²) in [4.78, 5) is 50.7. The number of nitrogens with zero attached hydrogens (tertiary/aromatic N) is 5. The van der Waals surface area contributed by atoms with E-state index in [2.05, 4.69) is 20.2 Å². The normalized spacial score (nSPS) is 13.6. The summed E-state index contributed by atoms with van der Waals surface area (Å²) in [5.41, 5.74) is 2.45. The zero-order chi connectivity index (χ0) is 24.2. The van der Waals surface area contributed by atoms with Gasteiger partial charge in [0, 0.05) is 49.9 Å². The van der Waals surface area contributed by atoms with Crippen molar-refractivity contribution in [2.24, 2.45) is 0 Å². The van der Waals surface area contributed by atoms with Gasteiger partial charge in [0.25, 0.3) is 11.5 Å². The topological polar surface area (TPSA) is 100 Å². The molecule has 3 heterocycles. The van der Waals surface area contributed by atoms with E-state index in [0.717, 1.165) is 5.69 Å². The van der Waals surface area contributed by atoms with Gasteiger partial charge in [-0.3, -0.25) is 23.9 Å². The number of para-hydroxylation sites is 2. The van der Waals surface area contributed by atoms with E-state index in [-0.39, 0.29) is 23.9 Å². The summed E-state index contributed by atoms with van der Waals surface area (Å²) in [5, 5.41) is 3.40. The number of carbonyl (C=O) groups excluding carboxylic acids is 2. The van der Waals surface area contributed by atoms with Gasteiger partial charge in [-0.25, -0.2) is 4.98 Å². The third-order valence-corrected chi connectivity index (χ3v) is 6.10. The highest BCUT2D eigenvalue weighted by Gasteiger charge is 2.24. The van der Waals surface area contributed by atoms with Gasteiger partial charge in [0.2, 0.25) is 5.91 Å². The Labute approximate surface area is 201 Å². The van der Waals surface area contributed by atoms with Crippen molar-refractivity contribution in [1.29, 1.82) is 0 Å². The minimum Gasteiger partial charge on any atom is -0.367 e. The van der Waals surface area contributed by atoms with Gasteiger partial charge in [-0.05, 0) is 36.4 Å². The van der Waals surface area contributed by atoms with Crippen LogP contribution >= 0.6 is 0 Å². The van der Waals surface area contributed by atoms with Crippen molar-refractivity contribution in [2.75, 3.05) is 36.4 Å². The molecule has 0 spiro atoms. The third-order valence-electron chi connectivity index (χ3n) is 6.10. The fourth-order valence-electron chi connectivity index (χ4n) is 4.24. The maximum Gasteiger partial charge on any atom is 0.261 e. The van der Waals surface area contributed by atoms with Crippen LogP contribution in [0.1, 0.15) is 10.4 Å². The zero-order valence-electron chi connectivity index (χ0n) is 19.0. The predicted octanol–water partition coefficient (Wildman–Crippen LogP) is 2.39. The molecule has 2 aromatic heterocycles. The number of aromatic nitrogens is 3. The van der Waals surface area contributed by atoms with Gasteiger partial charge in [-0.2, -0.15) is 0 Å². The molecule has 0 aliphatic carbocycles. The lowest BCUT2D eigenvalue weighted by atomic mass is 10.1. The summed E-state index contributed by atoms with van der Waals surface area (Å²) in [6.07, 6.45) is 4.68. The molecule has 2 aromatic carbocycles. The van der Waals surface area contributed by atoms with Crippen molar-refractivity contribution in [3.05, 3.63) is 95.3 Å². The second-order valence-corrected chi connectivity index (χ2v) is 8.27. The van der Waals surface area contributed by atoms with Crippen LogP contribution < -0.4 is 15.8 Å². The Bertz CT molecular complexity index is 1430. The van der Waals surface area contributed by atoms with E-state index in [4.69, 9.17) is 0 Å². The molecule has 4 aromatic rings. The second kappa shape index (κ2) is 9.76. The number of amides is 2. The molecule has 1 N–H and O–H groups in total.